The third-order valence-corrected chi connectivity index (χ3v) is 0.437. The number of rotatable bonds is 0. The Morgan fingerprint density at radius 1 is 1.50 bits per heavy atom. The minimum atomic E-state index is 1.03. The number of hydrogen-bond donors (Lipinski definition) is 1. The lowest BCUT2D eigenvalue weighted by molar-refractivity contribution is 0.206. The normalized spacial score (nSPS) is 22.0. The Kier molecular flexibility index (Phi) is 2.28. The van der Waals surface area contributed by atoms with Gasteiger partial charge < -0.3 is 14.1 Å². The lowest BCUT2D eigenvalue weighted by atomic mass is 10.3. The molecule has 0 aliphatic carbocycles. The molecule has 0 aromatic rings. The third-order valence-electron chi connectivity index (χ3n) is 0.437. The second-order valence-corrected chi connectivity index (χ2v) is 0.904. The van der Waals surface area contributed by atoms with Gasteiger partial charge in [-0.05, 0) is 0 Å². The van der Waals surface area contributed by atoms with Crippen LogP contribution < -0.4 is 5.48 Å². The molecule has 0 atom stereocenters. The van der Waals surface area contributed by atoms with Crippen LogP contribution >= 0.6 is 0 Å². The van der Waals surface area contributed by atoms with E-state index in [-0.39, 0.29) is 0 Å². The maximum Gasteiger partial charge on any atom is 0.582 e. The van der Waals surface area contributed by atoms with Crippen molar-refractivity contribution < 1.29 is 14.1 Å². The van der Waals surface area contributed by atoms with Gasteiger partial charge >= 0.3 is 15.4 Å². The molecule has 0 saturated heterocycles. The van der Waals surface area contributed by atoms with Crippen LogP contribution in [0.15, 0.2) is 5.16 Å². The van der Waals surface area contributed by atoms with E-state index in [9.17, 15) is 0 Å². The van der Waals surface area contributed by atoms with Crippen LogP contribution in [0.2, 0.25) is 0 Å². The van der Waals surface area contributed by atoms with E-state index >= 15 is 0 Å². The molecule has 2 radical (unpaired) electrons. The molecule has 0 aromatic carbocycles. The van der Waals surface area contributed by atoms with Gasteiger partial charge in [0.15, 0.2) is 0 Å². The van der Waals surface area contributed by atoms with Gasteiger partial charge in [-0.3, -0.25) is 5.48 Å². The Hall–Kier alpha value is -0.680. The Bertz CT molecular complexity index is 77.4. The number of oxime groups is 1. The van der Waals surface area contributed by atoms with E-state index in [0.29, 0.717) is 0 Å². The zero-order valence-corrected chi connectivity index (χ0v) is 3.90. The zero-order valence-electron chi connectivity index (χ0n) is 3.90. The van der Waals surface area contributed by atoms with Crippen LogP contribution in [-0.2, 0) is 14.1 Å². The molecule has 5 nitrogen and oxygen atoms in total. The molecule has 1 N–H and O–H groups in total. The molecule has 0 amide bonds. The Morgan fingerprint density at radius 2 is 2.50 bits per heavy atom. The fourth-order valence-electron chi connectivity index (χ4n) is 0.210. The van der Waals surface area contributed by atoms with Gasteiger partial charge in [0.1, 0.15) is 6.34 Å². The molecule has 0 spiro atoms. The van der Waals surface area contributed by atoms with Crippen LogP contribution in [0, 0.1) is 0 Å². The zero-order chi connectivity index (χ0) is 5.66. The predicted octanol–water partition coefficient (Wildman–Crippen LogP) is -1.43. The fraction of sp³-hybridized carbons (Fsp3) is 0. The fourth-order valence-corrected chi connectivity index (χ4v) is 0.210. The average Bonchev–Trinajstić information content (AvgIpc) is 1.62. The number of nitrogens with one attached hydrogen (secondary N) is 1. The lowest BCUT2D eigenvalue weighted by Crippen LogP contribution is -2.22. The van der Waals surface area contributed by atoms with E-state index in [0.717, 1.165) is 15.4 Å². The summed E-state index contributed by atoms with van der Waals surface area (Å²) < 4.78 is 13.1. The maximum atomic E-state index is 4.42. The summed E-state index contributed by atoms with van der Waals surface area (Å²) in [4.78, 5) is 0. The van der Waals surface area contributed by atoms with Crippen molar-refractivity contribution in [2.75, 3.05) is 0 Å². The van der Waals surface area contributed by atoms with Crippen molar-refractivity contribution in [3.63, 3.8) is 0 Å². The van der Waals surface area contributed by atoms with Crippen molar-refractivity contribution in [2.24, 2.45) is 5.16 Å². The molecular formula is CH2B2N2O3. The van der Waals surface area contributed by atoms with Crippen LogP contribution in [0.1, 0.15) is 0 Å². The molecule has 0 fully saturated rings. The topological polar surface area (TPSA) is 52.1 Å². The van der Waals surface area contributed by atoms with Gasteiger partial charge in [-0.2, -0.15) is 0 Å². The summed E-state index contributed by atoms with van der Waals surface area (Å²) in [6, 6.07) is 0. The molecule has 1 aliphatic heterocycles. The first kappa shape index (κ1) is 5.46. The molecule has 1 aliphatic rings. The monoisotopic (exact) mass is 112 g/mol. The van der Waals surface area contributed by atoms with Gasteiger partial charge in [0.25, 0.3) is 0 Å². The third kappa shape index (κ3) is 1.85. The second-order valence-electron chi connectivity index (χ2n) is 0.904. The molecule has 7 heteroatoms. The minimum Gasteiger partial charge on any atom is -0.441 e. The highest BCUT2D eigenvalue weighted by molar-refractivity contribution is 6.34. The van der Waals surface area contributed by atoms with Gasteiger partial charge in [-0.25, -0.2) is 0 Å². The quantitative estimate of drug-likeness (QED) is 0.390. The van der Waals surface area contributed by atoms with E-state index in [2.05, 4.69) is 24.7 Å². The van der Waals surface area contributed by atoms with Gasteiger partial charge in [0.05, 0.1) is 0 Å². The number of hydroxylamine groups is 1. The van der Waals surface area contributed by atoms with Crippen molar-refractivity contribution >= 4 is 21.7 Å². The maximum absolute atomic E-state index is 4.42. The minimum absolute atomic E-state index is 1.03. The van der Waals surface area contributed by atoms with E-state index in [4.69, 9.17) is 0 Å². The molecule has 1 heterocycles. The van der Waals surface area contributed by atoms with Crippen molar-refractivity contribution in [3.05, 3.63) is 0 Å². The van der Waals surface area contributed by atoms with E-state index in [1.54, 1.807) is 0 Å². The largest absolute Gasteiger partial charge is 0.582 e. The van der Waals surface area contributed by atoms with Crippen molar-refractivity contribution in [1.29, 1.82) is 0 Å². The Balaban J connectivity index is 2.17. The number of nitrogens with zero attached hydrogens (tertiary/aromatic N) is 1. The first-order valence-corrected chi connectivity index (χ1v) is 1.88. The van der Waals surface area contributed by atoms with Crippen LogP contribution in [0.5, 0.6) is 0 Å². The number of hydrogen-bond acceptors (Lipinski definition) is 5. The van der Waals surface area contributed by atoms with E-state index < -0.39 is 0 Å². The smallest absolute Gasteiger partial charge is 0.441 e. The van der Waals surface area contributed by atoms with Crippen LogP contribution in [0.4, 0.5) is 0 Å². The summed E-state index contributed by atoms with van der Waals surface area (Å²) in [5, 5.41) is 3.27. The van der Waals surface area contributed by atoms with E-state index in [1.807, 2.05) is 0 Å². The highest BCUT2D eigenvalue weighted by Crippen LogP contribution is 1.75. The van der Waals surface area contributed by atoms with Gasteiger partial charge in [-0.15, -0.1) is 0 Å². The summed E-state index contributed by atoms with van der Waals surface area (Å²) in [7, 11) is 2.09. The molecule has 0 unspecified atom stereocenters. The lowest BCUT2D eigenvalue weighted by Gasteiger charge is -2.02. The molecule has 8 heavy (non-hydrogen) atoms. The van der Waals surface area contributed by atoms with Crippen molar-refractivity contribution in [3.8, 4) is 0 Å². The first-order valence-electron chi connectivity index (χ1n) is 1.88. The van der Waals surface area contributed by atoms with Gasteiger partial charge in [-0.1, -0.05) is 5.16 Å². The Labute approximate surface area is 47.5 Å². The highest BCUT2D eigenvalue weighted by Gasteiger charge is 1.99. The van der Waals surface area contributed by atoms with E-state index in [1.165, 1.54) is 6.34 Å². The predicted molar refractivity (Wildman–Crippen MR) is 26.4 cm³/mol. The summed E-state index contributed by atoms with van der Waals surface area (Å²) >= 11 is 0. The molecule has 0 saturated carbocycles. The van der Waals surface area contributed by atoms with Crippen LogP contribution in [0.3, 0.4) is 0 Å². The van der Waals surface area contributed by atoms with Crippen LogP contribution in [-0.4, -0.2) is 21.7 Å². The standard InChI is InChI=1S/CH2B2N2O3/c1-4-7-2-6-3-8-5-1/h1H,(H,4,5). The van der Waals surface area contributed by atoms with Crippen LogP contribution in [0.25, 0.3) is 0 Å². The van der Waals surface area contributed by atoms with Crippen molar-refractivity contribution in [1.82, 2.24) is 5.48 Å². The molecule has 0 aromatic heterocycles. The Morgan fingerprint density at radius 3 is 3.50 bits per heavy atom. The van der Waals surface area contributed by atoms with Gasteiger partial charge in [0, 0.05) is 0 Å². The van der Waals surface area contributed by atoms with Crippen molar-refractivity contribution in [2.45, 2.75) is 0 Å². The molecular weight excluding hydrogens is 110 g/mol. The molecule has 40 valence electrons. The summed E-state index contributed by atoms with van der Waals surface area (Å²) in [6.45, 7) is 0. The highest BCUT2D eigenvalue weighted by atomic mass is 16.7. The first-order chi connectivity index (χ1) is 4.00. The summed E-state index contributed by atoms with van der Waals surface area (Å²) in [5.41, 5.74) is 2.27. The SMILES string of the molecule is [B]1O[B]ON/C=N\O1. The summed E-state index contributed by atoms with van der Waals surface area (Å²) in [5.74, 6) is 0. The summed E-state index contributed by atoms with van der Waals surface area (Å²) in [6.07, 6.45) is 1.23. The second kappa shape index (κ2) is 3.34. The van der Waals surface area contributed by atoms with Gasteiger partial charge in [0.2, 0.25) is 0 Å². The molecule has 1 rings (SSSR count). The molecule has 0 bridgehead atoms. The average molecular weight is 112 g/mol.